The van der Waals surface area contributed by atoms with Crippen molar-refractivity contribution in [3.63, 3.8) is 0 Å². The van der Waals surface area contributed by atoms with Crippen molar-refractivity contribution >= 4 is 22.4 Å². The molecule has 0 aromatic carbocycles. The quantitative estimate of drug-likeness (QED) is 0.176. The molecule has 0 radical (unpaired) electrons. The highest BCUT2D eigenvalue weighted by atomic mass is 31.2. The Morgan fingerprint density at radius 3 is 1.63 bits per heavy atom. The Morgan fingerprint density at radius 1 is 0.704 bits per heavy atom. The van der Waals surface area contributed by atoms with Crippen LogP contribution in [0.15, 0.2) is 0 Å². The van der Waals surface area contributed by atoms with E-state index in [0.717, 1.165) is 44.8 Å². The molecule has 0 aliphatic rings. The molecule has 0 rings (SSSR count). The Balaban J connectivity index is 3.90. The van der Waals surface area contributed by atoms with E-state index >= 15 is 0 Å². The van der Waals surface area contributed by atoms with Gasteiger partial charge in [0.2, 0.25) is 0 Å². The fourth-order valence-corrected chi connectivity index (χ4v) is 7.13. The summed E-state index contributed by atoms with van der Waals surface area (Å²) in [6, 6.07) is 0.847. The predicted molar refractivity (Wildman–Crippen MR) is 118 cm³/mol. The van der Waals surface area contributed by atoms with Crippen molar-refractivity contribution in [2.24, 2.45) is 0 Å². The number of hydrogen-bond donors (Lipinski definition) is 2. The summed E-state index contributed by atoms with van der Waals surface area (Å²) in [5.74, 6) is 0. The predicted octanol–water partition coefficient (Wildman–Crippen LogP) is 2.96. The molecule has 0 fully saturated rings. The van der Waals surface area contributed by atoms with Crippen molar-refractivity contribution in [1.29, 1.82) is 0 Å². The summed E-state index contributed by atoms with van der Waals surface area (Å²) in [6.45, 7) is 16.7. The lowest BCUT2D eigenvalue weighted by Crippen LogP contribution is -2.46. The van der Waals surface area contributed by atoms with Crippen LogP contribution >= 0.6 is 7.34 Å². The maximum absolute atomic E-state index is 5.87. The summed E-state index contributed by atoms with van der Waals surface area (Å²) in [4.78, 5) is 0. The summed E-state index contributed by atoms with van der Waals surface area (Å²) in [7, 11) is -4.44. The van der Waals surface area contributed by atoms with Crippen molar-refractivity contribution in [3.8, 4) is 0 Å². The van der Waals surface area contributed by atoms with Gasteiger partial charge in [0.15, 0.2) is 0 Å². The van der Waals surface area contributed by atoms with E-state index in [-0.39, 0.29) is 0 Å². The number of rotatable bonds is 20. The van der Waals surface area contributed by atoms with E-state index < -0.39 is 16.1 Å². The lowest BCUT2D eigenvalue weighted by atomic mass is 10.4. The van der Waals surface area contributed by atoms with E-state index in [0.29, 0.717) is 33.0 Å². The fourth-order valence-electron chi connectivity index (χ4n) is 2.74. The molecule has 0 unspecified atom stereocenters. The van der Waals surface area contributed by atoms with Crippen molar-refractivity contribution in [2.45, 2.75) is 47.1 Å². The van der Waals surface area contributed by atoms with Gasteiger partial charge in [0, 0.05) is 51.7 Å². The molecule has 0 aromatic heterocycles. The molecule has 0 aromatic rings. The first kappa shape index (κ1) is 27.2. The molecule has 27 heavy (non-hydrogen) atoms. The van der Waals surface area contributed by atoms with Gasteiger partial charge in [-0.15, -0.1) is 0 Å². The van der Waals surface area contributed by atoms with Crippen LogP contribution in [0.25, 0.3) is 0 Å². The molecule has 9 heteroatoms. The monoisotopic (exact) mass is 426 g/mol. The summed E-state index contributed by atoms with van der Waals surface area (Å²) in [6.07, 6.45) is 5.97. The van der Waals surface area contributed by atoms with Gasteiger partial charge in [-0.05, 0) is 47.6 Å². The van der Waals surface area contributed by atoms with Crippen LogP contribution in [0, 0.1) is 0 Å². The van der Waals surface area contributed by atoms with E-state index in [9.17, 15) is 0 Å². The lowest BCUT2D eigenvalue weighted by Gasteiger charge is -2.28. The molecule has 0 aliphatic heterocycles. The molecule has 0 bridgehead atoms. The highest BCUT2D eigenvalue weighted by Crippen LogP contribution is 2.46. The summed E-state index contributed by atoms with van der Waals surface area (Å²) in [5, 5.41) is 6.88. The minimum Gasteiger partial charge on any atom is -0.374 e. The van der Waals surface area contributed by atoms with Crippen LogP contribution < -0.4 is 10.6 Å². The maximum atomic E-state index is 5.87. The first-order chi connectivity index (χ1) is 13.0. The van der Waals surface area contributed by atoms with Gasteiger partial charge in [0.05, 0.1) is 13.2 Å². The molecule has 7 nitrogen and oxygen atoms in total. The molecular formula is C18H43N2O5PSi. The Hall–Kier alpha value is 0.237. The molecule has 0 saturated heterocycles. The minimum atomic E-state index is -2.50. The van der Waals surface area contributed by atoms with Crippen LogP contribution in [0.1, 0.15) is 41.0 Å². The Morgan fingerprint density at radius 2 is 1.19 bits per heavy atom. The van der Waals surface area contributed by atoms with Crippen molar-refractivity contribution in [2.75, 3.05) is 65.4 Å². The van der Waals surface area contributed by atoms with Gasteiger partial charge < -0.3 is 33.0 Å². The molecule has 0 amide bonds. The zero-order valence-corrected chi connectivity index (χ0v) is 20.1. The SMILES string of the molecule is C=P(CCNCCNCCC[Si](OCC)(OCC)OCC)(OCC)OCC. The van der Waals surface area contributed by atoms with Crippen LogP contribution in [-0.2, 0) is 22.3 Å². The van der Waals surface area contributed by atoms with E-state index in [1.807, 2.05) is 34.6 Å². The highest BCUT2D eigenvalue weighted by molar-refractivity contribution is 7.64. The third kappa shape index (κ3) is 13.1. The molecule has 0 heterocycles. The standard InChI is InChI=1S/C18H43N2O5PSi/c1-7-21-26(6,22-8-2)17-16-20-15-14-19-13-12-18-27(23-9-3,24-10-4)25-11-5/h19-20H,6-18H2,1-5H3. The second kappa shape index (κ2) is 17.1. The van der Waals surface area contributed by atoms with Gasteiger partial charge in [-0.3, -0.25) is 0 Å². The second-order valence-corrected chi connectivity index (χ2v) is 11.3. The fraction of sp³-hybridized carbons (Fsp3) is 0.944. The first-order valence-electron chi connectivity index (χ1n) is 10.4. The van der Waals surface area contributed by atoms with E-state index in [1.54, 1.807) is 0 Å². The molecule has 0 aliphatic carbocycles. The van der Waals surface area contributed by atoms with Crippen LogP contribution in [0.4, 0.5) is 0 Å². The molecule has 2 N–H and O–H groups in total. The zero-order chi connectivity index (χ0) is 20.4. The molecule has 0 atom stereocenters. The van der Waals surface area contributed by atoms with Crippen LogP contribution in [0.2, 0.25) is 6.04 Å². The van der Waals surface area contributed by atoms with Gasteiger partial charge in [-0.2, -0.15) is 0 Å². The van der Waals surface area contributed by atoms with E-state index in [2.05, 4.69) is 16.9 Å². The first-order valence-corrected chi connectivity index (χ1v) is 14.3. The lowest BCUT2D eigenvalue weighted by molar-refractivity contribution is 0.0708. The third-order valence-corrected chi connectivity index (χ3v) is 9.28. The van der Waals surface area contributed by atoms with Crippen molar-refractivity contribution < 1.29 is 22.3 Å². The van der Waals surface area contributed by atoms with Crippen LogP contribution in [-0.4, -0.2) is 80.5 Å². The van der Waals surface area contributed by atoms with E-state index in [1.165, 1.54) is 0 Å². The number of nitrogens with one attached hydrogen (secondary N) is 2. The average Bonchev–Trinajstić information content (AvgIpc) is 2.61. The topological polar surface area (TPSA) is 70.2 Å². The van der Waals surface area contributed by atoms with Gasteiger partial charge in [-0.25, -0.2) is 0 Å². The van der Waals surface area contributed by atoms with Gasteiger partial charge in [0.25, 0.3) is 0 Å². The summed E-state index contributed by atoms with van der Waals surface area (Å²) >= 11 is 0. The van der Waals surface area contributed by atoms with Crippen LogP contribution in [0.5, 0.6) is 0 Å². The smallest absolute Gasteiger partial charge is 0.374 e. The Bertz CT molecular complexity index is 364. The summed E-state index contributed by atoms with van der Waals surface area (Å²) in [5.41, 5.74) is 0. The highest BCUT2D eigenvalue weighted by Gasteiger charge is 2.39. The van der Waals surface area contributed by atoms with Crippen molar-refractivity contribution in [1.82, 2.24) is 10.6 Å². The van der Waals surface area contributed by atoms with Gasteiger partial charge >= 0.3 is 8.80 Å². The Kier molecular flexibility index (Phi) is 17.3. The largest absolute Gasteiger partial charge is 0.500 e. The minimum absolute atomic E-state index is 0.628. The van der Waals surface area contributed by atoms with Gasteiger partial charge in [-0.1, -0.05) is 6.30 Å². The zero-order valence-electron chi connectivity index (χ0n) is 18.2. The molecule has 164 valence electrons. The second-order valence-electron chi connectivity index (χ2n) is 5.96. The molecular weight excluding hydrogens is 383 g/mol. The Labute approximate surface area is 168 Å². The van der Waals surface area contributed by atoms with Crippen molar-refractivity contribution in [3.05, 3.63) is 0 Å². The average molecular weight is 427 g/mol. The third-order valence-electron chi connectivity index (χ3n) is 3.77. The summed E-state index contributed by atoms with van der Waals surface area (Å²) < 4.78 is 29.0. The van der Waals surface area contributed by atoms with Gasteiger partial charge in [0.1, 0.15) is 7.34 Å². The molecule has 0 saturated carbocycles. The maximum Gasteiger partial charge on any atom is 0.500 e. The van der Waals surface area contributed by atoms with E-state index in [4.69, 9.17) is 22.3 Å². The molecule has 0 spiro atoms. The number of hydrogen-bond acceptors (Lipinski definition) is 7. The van der Waals surface area contributed by atoms with Crippen LogP contribution in [0.3, 0.4) is 0 Å². The normalized spacial score (nSPS) is 12.6.